The van der Waals surface area contributed by atoms with Gasteiger partial charge < -0.3 is 19.7 Å². The Hall–Kier alpha value is -4.83. The molecule has 0 unspecified atom stereocenters. The summed E-state index contributed by atoms with van der Waals surface area (Å²) in [6, 6.07) is 28.9. The number of aryl methyl sites for hydroxylation is 1. The second-order valence-corrected chi connectivity index (χ2v) is 12.7. The molecule has 0 aliphatic rings. The van der Waals surface area contributed by atoms with Gasteiger partial charge in [-0.05, 0) is 48.7 Å². The zero-order valence-corrected chi connectivity index (χ0v) is 27.5. The maximum Gasteiger partial charge on any atom is 0.264 e. The van der Waals surface area contributed by atoms with Crippen LogP contribution in [0.2, 0.25) is 0 Å². The van der Waals surface area contributed by atoms with Crippen LogP contribution in [-0.4, -0.2) is 58.5 Å². The molecule has 0 radical (unpaired) electrons. The van der Waals surface area contributed by atoms with Crippen LogP contribution in [0.1, 0.15) is 30.0 Å². The second-order valence-electron chi connectivity index (χ2n) is 10.9. The number of nitrogens with zero attached hydrogens (tertiary/aromatic N) is 2. The first kappa shape index (κ1) is 34.1. The van der Waals surface area contributed by atoms with E-state index >= 15 is 0 Å². The zero-order chi connectivity index (χ0) is 33.1. The van der Waals surface area contributed by atoms with Gasteiger partial charge >= 0.3 is 0 Å². The van der Waals surface area contributed by atoms with Crippen LogP contribution < -0.4 is 19.1 Å². The summed E-state index contributed by atoms with van der Waals surface area (Å²) in [6.45, 7) is 3.85. The number of anilines is 1. The molecule has 0 heterocycles. The molecule has 0 aromatic heterocycles. The monoisotopic (exact) mass is 643 g/mol. The number of benzene rings is 4. The third-order valence-electron chi connectivity index (χ3n) is 7.56. The Balaban J connectivity index is 1.84. The van der Waals surface area contributed by atoms with E-state index in [0.29, 0.717) is 18.7 Å². The van der Waals surface area contributed by atoms with Crippen LogP contribution in [0.15, 0.2) is 108 Å². The van der Waals surface area contributed by atoms with Crippen molar-refractivity contribution in [2.24, 2.45) is 0 Å². The molecular weight excluding hydrogens is 602 g/mol. The van der Waals surface area contributed by atoms with Gasteiger partial charge in [-0.15, -0.1) is 0 Å². The molecule has 4 aromatic carbocycles. The molecule has 1 atom stereocenters. The Morgan fingerprint density at radius 2 is 1.48 bits per heavy atom. The van der Waals surface area contributed by atoms with E-state index in [4.69, 9.17) is 9.47 Å². The number of hydrogen-bond donors (Lipinski definition) is 1. The molecule has 0 aliphatic heterocycles. The topological polar surface area (TPSA) is 105 Å². The smallest absolute Gasteiger partial charge is 0.264 e. The average molecular weight is 644 g/mol. The molecular formula is C36H41N3O6S. The molecule has 0 spiro atoms. The Kier molecular flexibility index (Phi) is 11.8. The summed E-state index contributed by atoms with van der Waals surface area (Å²) in [5.41, 5.74) is 2.85. The number of sulfonamides is 1. The summed E-state index contributed by atoms with van der Waals surface area (Å²) in [7, 11) is -1.39. The Morgan fingerprint density at radius 3 is 2.09 bits per heavy atom. The molecule has 242 valence electrons. The van der Waals surface area contributed by atoms with Gasteiger partial charge in [-0.3, -0.25) is 13.9 Å². The minimum Gasteiger partial charge on any atom is -0.497 e. The van der Waals surface area contributed by atoms with E-state index in [1.165, 1.54) is 37.3 Å². The van der Waals surface area contributed by atoms with Crippen LogP contribution in [-0.2, 0) is 32.6 Å². The van der Waals surface area contributed by atoms with Gasteiger partial charge in [-0.2, -0.15) is 0 Å². The summed E-state index contributed by atoms with van der Waals surface area (Å²) in [6.07, 6.45) is 0.955. The fraction of sp³-hybridized carbons (Fsp3) is 0.278. The van der Waals surface area contributed by atoms with Gasteiger partial charge in [-0.1, -0.05) is 85.3 Å². The zero-order valence-electron chi connectivity index (χ0n) is 26.7. The van der Waals surface area contributed by atoms with Crippen LogP contribution in [0.3, 0.4) is 0 Å². The fourth-order valence-electron chi connectivity index (χ4n) is 5.03. The van der Waals surface area contributed by atoms with Crippen LogP contribution in [0.4, 0.5) is 5.69 Å². The lowest BCUT2D eigenvalue weighted by atomic mass is 10.0. The number of amides is 2. The van der Waals surface area contributed by atoms with E-state index in [1.54, 1.807) is 30.3 Å². The summed E-state index contributed by atoms with van der Waals surface area (Å²) in [5, 5.41) is 2.96. The second kappa shape index (κ2) is 15.9. The van der Waals surface area contributed by atoms with Crippen LogP contribution in [0.25, 0.3) is 0 Å². The molecule has 10 heteroatoms. The first-order valence-electron chi connectivity index (χ1n) is 15.1. The van der Waals surface area contributed by atoms with Crippen molar-refractivity contribution in [3.05, 3.63) is 120 Å². The van der Waals surface area contributed by atoms with Crippen LogP contribution >= 0.6 is 0 Å². The maximum atomic E-state index is 14.6. The van der Waals surface area contributed by atoms with E-state index < -0.39 is 28.5 Å². The Bertz CT molecular complexity index is 1700. The molecule has 0 bridgehead atoms. The molecule has 0 aliphatic carbocycles. The first-order valence-corrected chi connectivity index (χ1v) is 16.6. The highest BCUT2D eigenvalue weighted by atomic mass is 32.2. The first-order chi connectivity index (χ1) is 22.2. The predicted octanol–water partition coefficient (Wildman–Crippen LogP) is 5.37. The molecule has 4 rings (SSSR count). The van der Waals surface area contributed by atoms with Gasteiger partial charge in [0, 0.05) is 25.6 Å². The van der Waals surface area contributed by atoms with E-state index in [-0.39, 0.29) is 35.2 Å². The molecule has 0 fully saturated rings. The van der Waals surface area contributed by atoms with Crippen molar-refractivity contribution in [1.82, 2.24) is 10.2 Å². The molecule has 0 saturated heterocycles. The van der Waals surface area contributed by atoms with Gasteiger partial charge in [0.25, 0.3) is 10.0 Å². The van der Waals surface area contributed by atoms with Crippen LogP contribution in [0, 0.1) is 6.92 Å². The van der Waals surface area contributed by atoms with E-state index in [1.807, 2.05) is 68.4 Å². The molecule has 2 amide bonds. The lowest BCUT2D eigenvalue weighted by molar-refractivity contribution is -0.140. The summed E-state index contributed by atoms with van der Waals surface area (Å²) in [4.78, 5) is 29.9. The average Bonchev–Trinajstić information content (AvgIpc) is 3.08. The SMILES string of the molecule is CCCNC(=O)[C@@H](Cc1ccccc1)N(Cc1ccc(C)cc1)C(=O)CN(c1cc(OC)ccc1OC)S(=O)(=O)c1ccccc1. The highest BCUT2D eigenvalue weighted by molar-refractivity contribution is 7.92. The summed E-state index contributed by atoms with van der Waals surface area (Å²) < 4.78 is 40.5. The molecule has 1 N–H and O–H groups in total. The van der Waals surface area contributed by atoms with E-state index in [0.717, 1.165) is 21.0 Å². The molecule has 4 aromatic rings. The van der Waals surface area contributed by atoms with Gasteiger partial charge in [0.15, 0.2) is 0 Å². The highest BCUT2D eigenvalue weighted by Gasteiger charge is 2.35. The number of rotatable bonds is 15. The Morgan fingerprint density at radius 1 is 0.826 bits per heavy atom. The molecule has 9 nitrogen and oxygen atoms in total. The third kappa shape index (κ3) is 8.45. The number of methoxy groups -OCH3 is 2. The molecule has 46 heavy (non-hydrogen) atoms. The van der Waals surface area contributed by atoms with E-state index in [9.17, 15) is 18.0 Å². The maximum absolute atomic E-state index is 14.6. The van der Waals surface area contributed by atoms with Crippen molar-refractivity contribution in [2.75, 3.05) is 31.6 Å². The minimum atomic E-state index is -4.29. The largest absolute Gasteiger partial charge is 0.497 e. The van der Waals surface area contributed by atoms with Crippen molar-refractivity contribution in [3.63, 3.8) is 0 Å². The Labute approximate surface area is 271 Å². The number of carbonyl (C=O) groups excluding carboxylic acids is 2. The summed E-state index contributed by atoms with van der Waals surface area (Å²) >= 11 is 0. The van der Waals surface area contributed by atoms with E-state index in [2.05, 4.69) is 5.32 Å². The lowest BCUT2D eigenvalue weighted by Gasteiger charge is -2.34. The number of nitrogens with one attached hydrogen (secondary N) is 1. The predicted molar refractivity (Wildman–Crippen MR) is 179 cm³/mol. The minimum absolute atomic E-state index is 0.000665. The summed E-state index contributed by atoms with van der Waals surface area (Å²) in [5.74, 6) is -0.256. The van der Waals surface area contributed by atoms with Crippen LogP contribution in [0.5, 0.6) is 11.5 Å². The van der Waals surface area contributed by atoms with Gasteiger partial charge in [0.1, 0.15) is 24.1 Å². The van der Waals surface area contributed by atoms with Crippen molar-refractivity contribution >= 4 is 27.5 Å². The van der Waals surface area contributed by atoms with Gasteiger partial charge in [0.2, 0.25) is 11.8 Å². The highest BCUT2D eigenvalue weighted by Crippen LogP contribution is 2.36. The van der Waals surface area contributed by atoms with Crippen molar-refractivity contribution < 1.29 is 27.5 Å². The lowest BCUT2D eigenvalue weighted by Crippen LogP contribution is -2.53. The normalized spacial score (nSPS) is 11.7. The van der Waals surface area contributed by atoms with Gasteiger partial charge in [-0.25, -0.2) is 8.42 Å². The van der Waals surface area contributed by atoms with Crippen molar-refractivity contribution in [3.8, 4) is 11.5 Å². The standard InChI is InChI=1S/C36H41N3O6S/c1-5-22-37-36(41)33(23-28-12-8-6-9-13-28)38(25-29-18-16-27(2)17-19-29)35(40)26-39(46(42,43)31-14-10-7-11-15-31)32-24-30(44-3)20-21-34(32)45-4/h6-21,24,33H,5,22-23,25-26H2,1-4H3,(H,37,41)/t33-/m1/s1. The molecule has 0 saturated carbocycles. The number of carbonyl (C=O) groups is 2. The fourth-order valence-corrected chi connectivity index (χ4v) is 6.47. The number of ether oxygens (including phenoxy) is 2. The van der Waals surface area contributed by atoms with Crippen molar-refractivity contribution in [1.29, 1.82) is 0 Å². The number of hydrogen-bond acceptors (Lipinski definition) is 6. The third-order valence-corrected chi connectivity index (χ3v) is 9.33. The van der Waals surface area contributed by atoms with Crippen molar-refractivity contribution in [2.45, 2.75) is 44.2 Å². The quantitative estimate of drug-likeness (QED) is 0.187. The van der Waals surface area contributed by atoms with Gasteiger partial charge in [0.05, 0.1) is 24.8 Å².